The highest BCUT2D eigenvalue weighted by molar-refractivity contribution is 5.75. The molecule has 2 rings (SSSR count). The van der Waals surface area contributed by atoms with Gasteiger partial charge in [0.1, 0.15) is 0 Å². The fourth-order valence-electron chi connectivity index (χ4n) is 3.30. The molecule has 2 aliphatic carbocycles. The summed E-state index contributed by atoms with van der Waals surface area (Å²) < 4.78 is 0. The minimum absolute atomic E-state index is 0.101. The second-order valence-electron chi connectivity index (χ2n) is 5.63. The van der Waals surface area contributed by atoms with Gasteiger partial charge in [0, 0.05) is 13.0 Å². The summed E-state index contributed by atoms with van der Waals surface area (Å²) in [5.41, 5.74) is 0. The molecule has 2 N–H and O–H groups in total. The summed E-state index contributed by atoms with van der Waals surface area (Å²) in [4.78, 5) is 11.5. The van der Waals surface area contributed by atoms with Crippen LogP contribution in [-0.4, -0.2) is 23.7 Å². The van der Waals surface area contributed by atoms with Crippen molar-refractivity contribution in [3.63, 3.8) is 0 Å². The highest BCUT2D eigenvalue weighted by atomic mass is 16.3. The van der Waals surface area contributed by atoms with Crippen LogP contribution in [0.5, 0.6) is 0 Å². The Hall–Kier alpha value is -0.570. The lowest BCUT2D eigenvalue weighted by Gasteiger charge is -2.21. The van der Waals surface area contributed by atoms with Gasteiger partial charge in [-0.3, -0.25) is 4.79 Å². The van der Waals surface area contributed by atoms with Crippen molar-refractivity contribution in [1.29, 1.82) is 0 Å². The Morgan fingerprint density at radius 2 is 2.25 bits per heavy atom. The van der Waals surface area contributed by atoms with Gasteiger partial charge in [0.25, 0.3) is 0 Å². The maximum absolute atomic E-state index is 11.5. The highest BCUT2D eigenvalue weighted by Crippen LogP contribution is 2.47. The maximum atomic E-state index is 11.5. The van der Waals surface area contributed by atoms with Crippen LogP contribution in [0.4, 0.5) is 0 Å². The van der Waals surface area contributed by atoms with Gasteiger partial charge in [-0.1, -0.05) is 6.42 Å². The van der Waals surface area contributed by atoms with Gasteiger partial charge in [-0.15, -0.1) is 0 Å². The van der Waals surface area contributed by atoms with Crippen molar-refractivity contribution in [2.24, 2.45) is 17.8 Å². The normalized spacial score (nSPS) is 34.0. The zero-order valence-corrected chi connectivity index (χ0v) is 10.1. The first-order chi connectivity index (χ1) is 7.65. The lowest BCUT2D eigenvalue weighted by molar-refractivity contribution is -0.121. The van der Waals surface area contributed by atoms with Gasteiger partial charge in [-0.2, -0.15) is 0 Å². The summed E-state index contributed by atoms with van der Waals surface area (Å²) in [5.74, 6) is 2.66. The predicted octanol–water partition coefficient (Wildman–Crippen LogP) is 1.70. The molecule has 2 bridgehead atoms. The molecule has 0 aromatic heterocycles. The van der Waals surface area contributed by atoms with E-state index in [4.69, 9.17) is 5.11 Å². The van der Waals surface area contributed by atoms with Crippen LogP contribution in [-0.2, 0) is 4.79 Å². The van der Waals surface area contributed by atoms with E-state index in [0.717, 1.165) is 24.3 Å². The molecule has 2 fully saturated rings. The number of nitrogens with one attached hydrogen (secondary N) is 1. The minimum atomic E-state index is -0.367. The average Bonchev–Trinajstić information content (AvgIpc) is 2.84. The van der Waals surface area contributed by atoms with Crippen molar-refractivity contribution >= 4 is 5.91 Å². The zero-order chi connectivity index (χ0) is 11.5. The van der Waals surface area contributed by atoms with Crippen LogP contribution in [0.25, 0.3) is 0 Å². The molecule has 4 unspecified atom stereocenters. The van der Waals surface area contributed by atoms with E-state index in [-0.39, 0.29) is 12.0 Å². The Balaban J connectivity index is 1.62. The molecule has 0 saturated heterocycles. The number of carbonyl (C=O) groups is 1. The number of hydrogen-bond donors (Lipinski definition) is 2. The van der Waals surface area contributed by atoms with Crippen LogP contribution in [0.1, 0.15) is 45.4 Å². The number of fused-ring (bicyclic) bond motifs is 2. The van der Waals surface area contributed by atoms with Gasteiger partial charge in [0.2, 0.25) is 5.91 Å². The molecule has 2 saturated carbocycles. The third-order valence-electron chi connectivity index (χ3n) is 4.24. The van der Waals surface area contributed by atoms with Crippen molar-refractivity contribution in [2.75, 3.05) is 6.54 Å². The third kappa shape index (κ3) is 2.97. The van der Waals surface area contributed by atoms with Crippen molar-refractivity contribution in [3.05, 3.63) is 0 Å². The van der Waals surface area contributed by atoms with Gasteiger partial charge in [0.05, 0.1) is 6.10 Å². The van der Waals surface area contributed by atoms with E-state index >= 15 is 0 Å². The summed E-state index contributed by atoms with van der Waals surface area (Å²) in [6, 6.07) is 0. The second kappa shape index (κ2) is 5.17. The van der Waals surface area contributed by atoms with Crippen molar-refractivity contribution in [2.45, 2.75) is 51.6 Å². The average molecular weight is 225 g/mol. The number of hydrogen-bond acceptors (Lipinski definition) is 2. The van der Waals surface area contributed by atoms with Gasteiger partial charge in [0.15, 0.2) is 0 Å². The molecule has 3 nitrogen and oxygen atoms in total. The minimum Gasteiger partial charge on any atom is -0.393 e. The quantitative estimate of drug-likeness (QED) is 0.748. The van der Waals surface area contributed by atoms with Crippen molar-refractivity contribution in [1.82, 2.24) is 5.32 Å². The second-order valence-corrected chi connectivity index (χ2v) is 5.63. The van der Waals surface area contributed by atoms with E-state index in [9.17, 15) is 4.79 Å². The van der Waals surface area contributed by atoms with Crippen molar-refractivity contribution in [3.8, 4) is 0 Å². The first kappa shape index (κ1) is 11.9. The van der Waals surface area contributed by atoms with Crippen LogP contribution in [0, 0.1) is 17.8 Å². The summed E-state index contributed by atoms with van der Waals surface area (Å²) in [6.07, 6.45) is 6.17. The zero-order valence-electron chi connectivity index (χ0n) is 10.1. The van der Waals surface area contributed by atoms with E-state index in [2.05, 4.69) is 5.32 Å². The van der Waals surface area contributed by atoms with Crippen LogP contribution in [0.3, 0.4) is 0 Å². The van der Waals surface area contributed by atoms with Crippen LogP contribution >= 0.6 is 0 Å². The molecule has 0 aromatic carbocycles. The number of aliphatic hydroxyl groups is 1. The lowest BCUT2D eigenvalue weighted by Crippen LogP contribution is -2.31. The van der Waals surface area contributed by atoms with Gasteiger partial charge in [-0.05, 0) is 50.4 Å². The van der Waals surface area contributed by atoms with Gasteiger partial charge >= 0.3 is 0 Å². The molecule has 0 radical (unpaired) electrons. The van der Waals surface area contributed by atoms with Crippen LogP contribution < -0.4 is 5.32 Å². The molecule has 16 heavy (non-hydrogen) atoms. The van der Waals surface area contributed by atoms with E-state index in [1.807, 2.05) is 0 Å². The number of rotatable bonds is 5. The predicted molar refractivity (Wildman–Crippen MR) is 62.9 cm³/mol. The van der Waals surface area contributed by atoms with Gasteiger partial charge in [-0.25, -0.2) is 0 Å². The molecule has 3 heteroatoms. The first-order valence-corrected chi connectivity index (χ1v) is 6.60. The van der Waals surface area contributed by atoms with E-state index < -0.39 is 0 Å². The van der Waals surface area contributed by atoms with E-state index in [1.54, 1.807) is 6.92 Å². The van der Waals surface area contributed by atoms with Crippen LogP contribution in [0.2, 0.25) is 0 Å². The largest absolute Gasteiger partial charge is 0.393 e. The SMILES string of the molecule is CC(O)CCC(=O)NCC1CC2CCC1C2. The Labute approximate surface area is 97.6 Å². The van der Waals surface area contributed by atoms with Crippen LogP contribution in [0.15, 0.2) is 0 Å². The smallest absolute Gasteiger partial charge is 0.220 e. The number of aliphatic hydroxyl groups excluding tert-OH is 1. The Morgan fingerprint density at radius 1 is 1.44 bits per heavy atom. The molecule has 0 spiro atoms. The molecule has 0 aliphatic heterocycles. The molecule has 1 amide bonds. The summed E-state index contributed by atoms with van der Waals surface area (Å²) in [7, 11) is 0. The Bertz CT molecular complexity index is 252. The topological polar surface area (TPSA) is 49.3 Å². The molecular weight excluding hydrogens is 202 g/mol. The molecule has 92 valence electrons. The monoisotopic (exact) mass is 225 g/mol. The number of carbonyl (C=O) groups excluding carboxylic acids is 1. The third-order valence-corrected chi connectivity index (χ3v) is 4.24. The molecule has 2 aliphatic rings. The Kier molecular flexibility index (Phi) is 3.85. The standard InChI is InChI=1S/C13H23NO2/c1-9(15)2-5-13(16)14-8-12-7-10-3-4-11(12)6-10/h9-12,15H,2-8H2,1H3,(H,14,16). The van der Waals surface area contributed by atoms with E-state index in [1.165, 1.54) is 25.7 Å². The molecular formula is C13H23NO2. The Morgan fingerprint density at radius 3 is 2.81 bits per heavy atom. The highest BCUT2D eigenvalue weighted by Gasteiger charge is 2.39. The first-order valence-electron chi connectivity index (χ1n) is 6.60. The molecule has 4 atom stereocenters. The fraction of sp³-hybridized carbons (Fsp3) is 0.923. The molecule has 0 aromatic rings. The lowest BCUT2D eigenvalue weighted by atomic mass is 9.89. The molecule has 0 heterocycles. The summed E-state index contributed by atoms with van der Waals surface area (Å²) >= 11 is 0. The fourth-order valence-corrected chi connectivity index (χ4v) is 3.30. The summed E-state index contributed by atoms with van der Waals surface area (Å²) in [5, 5.41) is 12.1. The van der Waals surface area contributed by atoms with E-state index in [0.29, 0.717) is 12.8 Å². The maximum Gasteiger partial charge on any atom is 0.220 e. The van der Waals surface area contributed by atoms with Gasteiger partial charge < -0.3 is 10.4 Å². The summed E-state index contributed by atoms with van der Waals surface area (Å²) in [6.45, 7) is 2.59. The van der Waals surface area contributed by atoms with Crippen molar-refractivity contribution < 1.29 is 9.90 Å². The number of amides is 1.